The summed E-state index contributed by atoms with van der Waals surface area (Å²) in [7, 11) is 0. The molecule has 0 saturated heterocycles. The topological polar surface area (TPSA) is 89.9 Å². The molecule has 2 aromatic heterocycles. The van der Waals surface area contributed by atoms with Gasteiger partial charge in [-0.2, -0.15) is 0 Å². The molecule has 1 atom stereocenters. The molecule has 134 valence electrons. The molecule has 0 radical (unpaired) electrons. The summed E-state index contributed by atoms with van der Waals surface area (Å²) in [5, 5.41) is 16.0. The van der Waals surface area contributed by atoms with Gasteiger partial charge in [0.1, 0.15) is 17.2 Å². The molecule has 0 unspecified atom stereocenters. The van der Waals surface area contributed by atoms with Gasteiger partial charge in [0.15, 0.2) is 5.82 Å². The Kier molecular flexibility index (Phi) is 4.24. The summed E-state index contributed by atoms with van der Waals surface area (Å²) in [6.45, 7) is 4.81. The lowest BCUT2D eigenvalue weighted by atomic mass is 10.0. The van der Waals surface area contributed by atoms with Crippen LogP contribution in [-0.2, 0) is 24.2 Å². The molecule has 0 saturated carbocycles. The molecule has 26 heavy (non-hydrogen) atoms. The summed E-state index contributed by atoms with van der Waals surface area (Å²) >= 11 is 0. The van der Waals surface area contributed by atoms with Gasteiger partial charge in [0.05, 0.1) is 19.0 Å². The third-order valence-electron chi connectivity index (χ3n) is 4.80. The Morgan fingerprint density at radius 2 is 2.00 bits per heavy atom. The fourth-order valence-electron chi connectivity index (χ4n) is 3.46. The lowest BCUT2D eigenvalue weighted by molar-refractivity contribution is -0.132. The van der Waals surface area contributed by atoms with Crippen LogP contribution in [0.2, 0.25) is 0 Å². The third-order valence-corrected chi connectivity index (χ3v) is 4.80. The second-order valence-electron chi connectivity index (χ2n) is 6.62. The van der Waals surface area contributed by atoms with Crippen LogP contribution in [0.3, 0.4) is 0 Å². The number of fused-ring (bicyclic) bond motifs is 1. The number of carbonyl (C=O) groups is 1. The Labute approximate surface area is 150 Å². The van der Waals surface area contributed by atoms with Gasteiger partial charge in [0, 0.05) is 6.54 Å². The van der Waals surface area contributed by atoms with Crippen molar-refractivity contribution in [3.8, 4) is 0 Å². The van der Waals surface area contributed by atoms with Crippen molar-refractivity contribution in [2.45, 2.75) is 39.3 Å². The molecule has 4 rings (SSSR count). The Bertz CT molecular complexity index is 917. The average Bonchev–Trinajstić information content (AvgIpc) is 3.22. The molecule has 0 bridgehead atoms. The van der Waals surface area contributed by atoms with Gasteiger partial charge in [-0.25, -0.2) is 4.63 Å². The van der Waals surface area contributed by atoms with Gasteiger partial charge in [-0.3, -0.25) is 4.79 Å². The molecule has 1 amide bonds. The number of aryl methyl sites for hydroxylation is 2. The minimum absolute atomic E-state index is 0.00577. The van der Waals surface area contributed by atoms with Crippen LogP contribution in [0.25, 0.3) is 0 Å². The third kappa shape index (κ3) is 3.10. The van der Waals surface area contributed by atoms with E-state index >= 15 is 0 Å². The molecule has 0 spiro atoms. The van der Waals surface area contributed by atoms with E-state index in [1.165, 1.54) is 5.56 Å². The summed E-state index contributed by atoms with van der Waals surface area (Å²) < 4.78 is 6.85. The highest BCUT2D eigenvalue weighted by atomic mass is 16.6. The highest BCUT2D eigenvalue weighted by Crippen LogP contribution is 2.25. The molecule has 1 aromatic carbocycles. The molecular formula is C18H20N6O2. The van der Waals surface area contributed by atoms with E-state index in [1.54, 1.807) is 6.92 Å². The first-order valence-electron chi connectivity index (χ1n) is 8.62. The van der Waals surface area contributed by atoms with Gasteiger partial charge in [-0.1, -0.05) is 40.6 Å². The van der Waals surface area contributed by atoms with Crippen LogP contribution in [0, 0.1) is 13.8 Å². The second-order valence-corrected chi connectivity index (χ2v) is 6.62. The zero-order valence-electron chi connectivity index (χ0n) is 14.8. The molecule has 8 nitrogen and oxygen atoms in total. The first-order chi connectivity index (χ1) is 12.6. The Hall–Kier alpha value is -3.03. The Morgan fingerprint density at radius 3 is 2.73 bits per heavy atom. The molecule has 3 heterocycles. The number of benzene rings is 1. The van der Waals surface area contributed by atoms with Crippen LogP contribution < -0.4 is 0 Å². The first-order valence-corrected chi connectivity index (χ1v) is 8.62. The standard InChI is InChI=1S/C18H20N6O2/c1-12-16(22-26-21-12)9-18(25)23-10-15(8-14-6-4-3-5-7-14)24-13(2)19-20-17(24)11-23/h3-7,15H,8-11H2,1-2H3/t15-/m1/s1. The summed E-state index contributed by atoms with van der Waals surface area (Å²) in [4.78, 5) is 14.6. The first kappa shape index (κ1) is 16.4. The van der Waals surface area contributed by atoms with Crippen molar-refractivity contribution in [3.63, 3.8) is 0 Å². The number of hydrogen-bond acceptors (Lipinski definition) is 6. The van der Waals surface area contributed by atoms with Gasteiger partial charge >= 0.3 is 0 Å². The number of nitrogens with zero attached hydrogens (tertiary/aromatic N) is 6. The zero-order valence-corrected chi connectivity index (χ0v) is 14.8. The maximum Gasteiger partial charge on any atom is 0.229 e. The Morgan fingerprint density at radius 1 is 1.19 bits per heavy atom. The van der Waals surface area contributed by atoms with E-state index in [0.717, 1.165) is 18.1 Å². The van der Waals surface area contributed by atoms with Crippen molar-refractivity contribution in [2.75, 3.05) is 6.54 Å². The minimum atomic E-state index is -0.00577. The Balaban J connectivity index is 1.57. The monoisotopic (exact) mass is 352 g/mol. The van der Waals surface area contributed by atoms with Crippen molar-refractivity contribution < 1.29 is 9.42 Å². The van der Waals surface area contributed by atoms with E-state index in [9.17, 15) is 4.79 Å². The number of aromatic nitrogens is 5. The highest BCUT2D eigenvalue weighted by molar-refractivity contribution is 5.78. The highest BCUT2D eigenvalue weighted by Gasteiger charge is 2.31. The van der Waals surface area contributed by atoms with Crippen LogP contribution in [-0.4, -0.2) is 42.4 Å². The largest absolute Gasteiger partial charge is 0.333 e. The average molecular weight is 352 g/mol. The van der Waals surface area contributed by atoms with E-state index < -0.39 is 0 Å². The van der Waals surface area contributed by atoms with E-state index in [0.29, 0.717) is 24.5 Å². The van der Waals surface area contributed by atoms with E-state index in [4.69, 9.17) is 4.63 Å². The summed E-state index contributed by atoms with van der Waals surface area (Å²) in [5.41, 5.74) is 2.45. The maximum atomic E-state index is 12.8. The summed E-state index contributed by atoms with van der Waals surface area (Å²) in [6.07, 6.45) is 1.00. The molecule has 3 aromatic rings. The molecule has 1 aliphatic rings. The number of rotatable bonds is 4. The summed E-state index contributed by atoms with van der Waals surface area (Å²) in [5.74, 6) is 1.69. The predicted molar refractivity (Wildman–Crippen MR) is 92.1 cm³/mol. The smallest absolute Gasteiger partial charge is 0.229 e. The lowest BCUT2D eigenvalue weighted by Gasteiger charge is -2.34. The second kappa shape index (κ2) is 6.70. The molecular weight excluding hydrogens is 332 g/mol. The van der Waals surface area contributed by atoms with E-state index in [2.05, 4.69) is 37.2 Å². The van der Waals surface area contributed by atoms with Crippen LogP contribution in [0.1, 0.15) is 34.6 Å². The van der Waals surface area contributed by atoms with Crippen LogP contribution in [0.5, 0.6) is 0 Å². The molecule has 8 heteroatoms. The fraction of sp³-hybridized carbons (Fsp3) is 0.389. The number of amides is 1. The quantitative estimate of drug-likeness (QED) is 0.709. The van der Waals surface area contributed by atoms with Gasteiger partial charge in [0.25, 0.3) is 0 Å². The number of carbonyl (C=O) groups excluding carboxylic acids is 1. The maximum absolute atomic E-state index is 12.8. The van der Waals surface area contributed by atoms with Gasteiger partial charge in [0.2, 0.25) is 5.91 Å². The normalized spacial score (nSPS) is 16.5. The molecule has 1 aliphatic heterocycles. The van der Waals surface area contributed by atoms with Crippen LogP contribution in [0.4, 0.5) is 0 Å². The SMILES string of the molecule is Cc1nonc1CC(=O)N1Cc2nnc(C)n2[C@H](Cc2ccccc2)C1. The van der Waals surface area contributed by atoms with Crippen molar-refractivity contribution in [3.05, 3.63) is 58.9 Å². The minimum Gasteiger partial charge on any atom is -0.333 e. The van der Waals surface area contributed by atoms with Gasteiger partial charge in [-0.05, 0) is 25.8 Å². The van der Waals surface area contributed by atoms with Crippen LogP contribution in [0.15, 0.2) is 35.0 Å². The molecule has 0 aliphatic carbocycles. The molecule has 0 fully saturated rings. The van der Waals surface area contributed by atoms with Crippen molar-refractivity contribution >= 4 is 5.91 Å². The van der Waals surface area contributed by atoms with Crippen LogP contribution >= 0.6 is 0 Å². The predicted octanol–water partition coefficient (Wildman–Crippen LogP) is 1.65. The van der Waals surface area contributed by atoms with Gasteiger partial charge in [-0.15, -0.1) is 10.2 Å². The molecule has 0 N–H and O–H groups in total. The fourth-order valence-corrected chi connectivity index (χ4v) is 3.46. The van der Waals surface area contributed by atoms with Crippen molar-refractivity contribution in [1.29, 1.82) is 0 Å². The van der Waals surface area contributed by atoms with Crippen molar-refractivity contribution in [1.82, 2.24) is 30.0 Å². The zero-order chi connectivity index (χ0) is 18.1. The number of hydrogen-bond donors (Lipinski definition) is 0. The van der Waals surface area contributed by atoms with Gasteiger partial charge < -0.3 is 9.47 Å². The lowest BCUT2D eigenvalue weighted by Crippen LogP contribution is -2.43. The van der Waals surface area contributed by atoms with Crippen molar-refractivity contribution in [2.24, 2.45) is 0 Å². The summed E-state index contributed by atoms with van der Waals surface area (Å²) in [6, 6.07) is 10.4. The van der Waals surface area contributed by atoms with E-state index in [1.807, 2.05) is 30.0 Å². The van der Waals surface area contributed by atoms with E-state index in [-0.39, 0.29) is 18.4 Å².